The molecule has 1 aliphatic heterocycles. The maximum absolute atomic E-state index is 11.5. The van der Waals surface area contributed by atoms with E-state index in [1.54, 1.807) is 20.8 Å². The average molecular weight is 230 g/mol. The van der Waals surface area contributed by atoms with Gasteiger partial charge in [0.2, 0.25) is 0 Å². The SMILES string of the molecule is CC(C)(C)OC(=O)CN1NCC[C@H]1C(=O)O. The summed E-state index contributed by atoms with van der Waals surface area (Å²) in [6.07, 6.45) is 0.498. The van der Waals surface area contributed by atoms with E-state index in [0.717, 1.165) is 0 Å². The number of hydrogen-bond donors (Lipinski definition) is 2. The van der Waals surface area contributed by atoms with Crippen molar-refractivity contribution in [2.75, 3.05) is 13.1 Å². The number of carbonyl (C=O) groups excluding carboxylic acids is 1. The van der Waals surface area contributed by atoms with Gasteiger partial charge in [0.15, 0.2) is 0 Å². The maximum Gasteiger partial charge on any atom is 0.322 e. The van der Waals surface area contributed by atoms with Crippen molar-refractivity contribution in [3.05, 3.63) is 0 Å². The van der Waals surface area contributed by atoms with Gasteiger partial charge in [-0.25, -0.2) is 5.01 Å². The van der Waals surface area contributed by atoms with Crippen molar-refractivity contribution < 1.29 is 19.4 Å². The molecule has 0 radical (unpaired) electrons. The Morgan fingerprint density at radius 1 is 1.50 bits per heavy atom. The molecule has 6 nitrogen and oxygen atoms in total. The Hall–Kier alpha value is -1.14. The van der Waals surface area contributed by atoms with E-state index in [4.69, 9.17) is 9.84 Å². The quantitative estimate of drug-likeness (QED) is 0.664. The van der Waals surface area contributed by atoms with E-state index in [0.29, 0.717) is 13.0 Å². The summed E-state index contributed by atoms with van der Waals surface area (Å²) in [7, 11) is 0. The summed E-state index contributed by atoms with van der Waals surface area (Å²) >= 11 is 0. The first kappa shape index (κ1) is 12.9. The summed E-state index contributed by atoms with van der Waals surface area (Å²) in [4.78, 5) is 22.3. The highest BCUT2D eigenvalue weighted by Crippen LogP contribution is 2.11. The molecule has 1 atom stereocenters. The van der Waals surface area contributed by atoms with Gasteiger partial charge >= 0.3 is 11.9 Å². The van der Waals surface area contributed by atoms with E-state index in [-0.39, 0.29) is 6.54 Å². The molecule has 0 aromatic heterocycles. The minimum absolute atomic E-state index is 0.0474. The maximum atomic E-state index is 11.5. The predicted molar refractivity (Wildman–Crippen MR) is 56.6 cm³/mol. The van der Waals surface area contributed by atoms with Crippen LogP contribution in [-0.4, -0.2) is 46.8 Å². The minimum Gasteiger partial charge on any atom is -0.480 e. The molecule has 0 aliphatic carbocycles. The molecule has 1 heterocycles. The molecular weight excluding hydrogens is 212 g/mol. The molecule has 1 fully saturated rings. The highest BCUT2D eigenvalue weighted by molar-refractivity contribution is 5.76. The molecule has 0 amide bonds. The van der Waals surface area contributed by atoms with Crippen LogP contribution in [0.5, 0.6) is 0 Å². The first-order valence-electron chi connectivity index (χ1n) is 5.24. The summed E-state index contributed by atoms with van der Waals surface area (Å²) in [5, 5.41) is 10.3. The number of ether oxygens (including phenoxy) is 1. The Morgan fingerprint density at radius 2 is 2.12 bits per heavy atom. The molecule has 0 aromatic rings. The second-order valence-corrected chi connectivity index (χ2v) is 4.77. The van der Waals surface area contributed by atoms with Crippen molar-refractivity contribution in [1.82, 2.24) is 10.4 Å². The van der Waals surface area contributed by atoms with Gasteiger partial charge in [-0.2, -0.15) is 0 Å². The van der Waals surface area contributed by atoms with Gasteiger partial charge in [0, 0.05) is 6.54 Å². The van der Waals surface area contributed by atoms with Crippen molar-refractivity contribution in [1.29, 1.82) is 0 Å². The Balaban J connectivity index is 2.47. The Kier molecular flexibility index (Phi) is 3.88. The number of hydrazine groups is 1. The van der Waals surface area contributed by atoms with E-state index in [2.05, 4.69) is 5.43 Å². The third kappa shape index (κ3) is 3.79. The molecular formula is C10H18N2O4. The first-order chi connectivity index (χ1) is 7.29. The normalized spacial score (nSPS) is 22.1. The van der Waals surface area contributed by atoms with Crippen molar-refractivity contribution in [3.8, 4) is 0 Å². The summed E-state index contributed by atoms with van der Waals surface area (Å²) in [6, 6.07) is -0.646. The summed E-state index contributed by atoms with van der Waals surface area (Å²) < 4.78 is 5.11. The number of nitrogens with zero attached hydrogens (tertiary/aromatic N) is 1. The number of hydrogen-bond acceptors (Lipinski definition) is 5. The lowest BCUT2D eigenvalue weighted by Crippen LogP contribution is -2.46. The first-order valence-corrected chi connectivity index (χ1v) is 5.24. The second kappa shape index (κ2) is 4.80. The van der Waals surface area contributed by atoms with Gasteiger partial charge in [0.1, 0.15) is 18.2 Å². The Morgan fingerprint density at radius 3 is 2.62 bits per heavy atom. The number of carbonyl (C=O) groups is 2. The lowest BCUT2D eigenvalue weighted by atomic mass is 10.2. The van der Waals surface area contributed by atoms with E-state index >= 15 is 0 Å². The van der Waals surface area contributed by atoms with Gasteiger partial charge in [-0.3, -0.25) is 15.0 Å². The molecule has 0 spiro atoms. The largest absolute Gasteiger partial charge is 0.480 e. The van der Waals surface area contributed by atoms with Crippen molar-refractivity contribution in [2.45, 2.75) is 38.8 Å². The zero-order valence-corrected chi connectivity index (χ0v) is 9.82. The number of carboxylic acids is 1. The van der Waals surface area contributed by atoms with Crippen LogP contribution in [-0.2, 0) is 14.3 Å². The molecule has 1 aliphatic rings. The smallest absolute Gasteiger partial charge is 0.322 e. The van der Waals surface area contributed by atoms with Gasteiger partial charge in [0.25, 0.3) is 0 Å². The van der Waals surface area contributed by atoms with Crippen molar-refractivity contribution >= 4 is 11.9 Å². The summed E-state index contributed by atoms with van der Waals surface area (Å²) in [5.41, 5.74) is 2.31. The van der Waals surface area contributed by atoms with E-state index in [1.165, 1.54) is 5.01 Å². The molecule has 0 aromatic carbocycles. The second-order valence-electron chi connectivity index (χ2n) is 4.77. The minimum atomic E-state index is -0.923. The molecule has 2 N–H and O–H groups in total. The van der Waals surface area contributed by atoms with Gasteiger partial charge in [-0.05, 0) is 27.2 Å². The van der Waals surface area contributed by atoms with E-state index in [1.807, 2.05) is 0 Å². The lowest BCUT2D eigenvalue weighted by Gasteiger charge is -2.24. The van der Waals surface area contributed by atoms with Crippen LogP contribution >= 0.6 is 0 Å². The van der Waals surface area contributed by atoms with Crippen LogP contribution in [0.3, 0.4) is 0 Å². The number of aliphatic carboxylic acids is 1. The molecule has 0 saturated carbocycles. The number of rotatable bonds is 3. The molecule has 92 valence electrons. The van der Waals surface area contributed by atoms with Crippen LogP contribution in [0.4, 0.5) is 0 Å². The molecule has 16 heavy (non-hydrogen) atoms. The molecule has 1 saturated heterocycles. The molecule has 6 heteroatoms. The predicted octanol–water partition coefficient (Wildman–Crippen LogP) is -0.00840. The monoisotopic (exact) mass is 230 g/mol. The van der Waals surface area contributed by atoms with Gasteiger partial charge in [-0.15, -0.1) is 0 Å². The van der Waals surface area contributed by atoms with Crippen LogP contribution in [0.1, 0.15) is 27.2 Å². The number of esters is 1. The Labute approximate surface area is 94.5 Å². The third-order valence-corrected chi connectivity index (χ3v) is 2.11. The fourth-order valence-corrected chi connectivity index (χ4v) is 1.55. The fraction of sp³-hybridized carbons (Fsp3) is 0.800. The highest BCUT2D eigenvalue weighted by Gasteiger charge is 2.32. The number of carboxylic acid groups (broad SMARTS) is 1. The zero-order chi connectivity index (χ0) is 12.3. The van der Waals surface area contributed by atoms with Crippen molar-refractivity contribution in [3.63, 3.8) is 0 Å². The molecule has 0 unspecified atom stereocenters. The number of nitrogens with one attached hydrogen (secondary N) is 1. The topological polar surface area (TPSA) is 78.9 Å². The van der Waals surface area contributed by atoms with Crippen LogP contribution in [0.2, 0.25) is 0 Å². The summed E-state index contributed by atoms with van der Waals surface area (Å²) in [6.45, 7) is 5.85. The van der Waals surface area contributed by atoms with Crippen LogP contribution in [0, 0.1) is 0 Å². The van der Waals surface area contributed by atoms with E-state index in [9.17, 15) is 9.59 Å². The highest BCUT2D eigenvalue weighted by atomic mass is 16.6. The standard InChI is InChI=1S/C10H18N2O4/c1-10(2,3)16-8(13)6-12-7(9(14)15)4-5-11-12/h7,11H,4-6H2,1-3H3,(H,14,15)/t7-/m0/s1. The average Bonchev–Trinajstić information content (AvgIpc) is 2.47. The van der Waals surface area contributed by atoms with Gasteiger partial charge in [-0.1, -0.05) is 0 Å². The zero-order valence-electron chi connectivity index (χ0n) is 9.82. The summed E-state index contributed by atoms with van der Waals surface area (Å²) in [5.74, 6) is -1.35. The van der Waals surface area contributed by atoms with Crippen LogP contribution in [0.15, 0.2) is 0 Å². The van der Waals surface area contributed by atoms with Gasteiger partial charge in [0.05, 0.1) is 0 Å². The Bertz CT molecular complexity index is 285. The van der Waals surface area contributed by atoms with E-state index < -0.39 is 23.6 Å². The molecule has 0 bridgehead atoms. The van der Waals surface area contributed by atoms with Gasteiger partial charge < -0.3 is 9.84 Å². The molecule has 1 rings (SSSR count). The lowest BCUT2D eigenvalue weighted by molar-refractivity contribution is -0.158. The fourth-order valence-electron chi connectivity index (χ4n) is 1.55. The third-order valence-electron chi connectivity index (χ3n) is 2.11. The van der Waals surface area contributed by atoms with Crippen LogP contribution in [0.25, 0.3) is 0 Å². The van der Waals surface area contributed by atoms with Crippen LogP contribution < -0.4 is 5.43 Å². The van der Waals surface area contributed by atoms with Crippen molar-refractivity contribution in [2.24, 2.45) is 0 Å².